The molecule has 1 fully saturated rings. The molecule has 3 N–H and O–H groups in total. The average Bonchev–Trinajstić information content (AvgIpc) is 3.25. The van der Waals surface area contributed by atoms with E-state index in [-0.39, 0.29) is 17.6 Å². The fraction of sp³-hybridized carbons (Fsp3) is 0.364. The van der Waals surface area contributed by atoms with Crippen LogP contribution < -0.4 is 20.9 Å². The quantitative estimate of drug-likeness (QED) is 0.637. The van der Waals surface area contributed by atoms with Gasteiger partial charge < -0.3 is 20.9 Å². The van der Waals surface area contributed by atoms with E-state index in [4.69, 9.17) is 0 Å². The molecule has 1 atom stereocenters. The Morgan fingerprint density at radius 2 is 1.63 bits per heavy atom. The van der Waals surface area contributed by atoms with Crippen molar-refractivity contribution in [2.75, 3.05) is 28.6 Å². The lowest BCUT2D eigenvalue weighted by atomic mass is 10.1. The first-order chi connectivity index (χ1) is 14.4. The van der Waals surface area contributed by atoms with Gasteiger partial charge in [0.1, 0.15) is 0 Å². The predicted molar refractivity (Wildman–Crippen MR) is 114 cm³/mol. The van der Waals surface area contributed by atoms with Crippen LogP contribution in [0.5, 0.6) is 0 Å². The summed E-state index contributed by atoms with van der Waals surface area (Å²) < 4.78 is 26.4. The molecule has 1 saturated heterocycles. The lowest BCUT2D eigenvalue weighted by molar-refractivity contribution is 0.0939. The third-order valence-electron chi connectivity index (χ3n) is 5.11. The fourth-order valence-corrected chi connectivity index (χ4v) is 3.30. The number of halogens is 2. The monoisotopic (exact) mass is 416 g/mol. The highest BCUT2D eigenvalue weighted by atomic mass is 19.2. The number of urea groups is 1. The number of anilines is 3. The number of carbonyl (C=O) groups is 2. The maximum absolute atomic E-state index is 13.3. The Bertz CT molecular complexity index is 929. The minimum absolute atomic E-state index is 0.0252. The number of benzene rings is 2. The molecule has 2 aromatic carbocycles. The normalized spacial score (nSPS) is 14.3. The molecule has 0 saturated carbocycles. The second-order valence-electron chi connectivity index (χ2n) is 7.42. The number of rotatable bonds is 6. The van der Waals surface area contributed by atoms with Crippen molar-refractivity contribution in [1.82, 2.24) is 5.32 Å². The molecule has 1 aliphatic rings. The molecule has 160 valence electrons. The molecule has 8 heteroatoms. The third-order valence-corrected chi connectivity index (χ3v) is 5.11. The van der Waals surface area contributed by atoms with Gasteiger partial charge in [-0.25, -0.2) is 13.6 Å². The van der Waals surface area contributed by atoms with E-state index in [1.165, 1.54) is 6.07 Å². The molecular formula is C22H26F2N4O2. The Kier molecular flexibility index (Phi) is 6.87. The van der Waals surface area contributed by atoms with Crippen LogP contribution in [0.25, 0.3) is 0 Å². The lowest BCUT2D eigenvalue weighted by Gasteiger charge is -2.23. The number of carbonyl (C=O) groups excluding carboxylic acids is 2. The van der Waals surface area contributed by atoms with Gasteiger partial charge in [-0.2, -0.15) is 0 Å². The van der Waals surface area contributed by atoms with E-state index in [9.17, 15) is 18.4 Å². The number of nitrogens with one attached hydrogen (secondary N) is 3. The summed E-state index contributed by atoms with van der Waals surface area (Å²) in [6.45, 7) is 5.69. The van der Waals surface area contributed by atoms with Gasteiger partial charge in [0.05, 0.1) is 5.56 Å². The highest BCUT2D eigenvalue weighted by Gasteiger charge is 2.21. The molecule has 1 heterocycles. The van der Waals surface area contributed by atoms with E-state index in [2.05, 4.69) is 20.9 Å². The average molecular weight is 416 g/mol. The molecule has 30 heavy (non-hydrogen) atoms. The lowest BCUT2D eigenvalue weighted by Crippen LogP contribution is -2.33. The van der Waals surface area contributed by atoms with Gasteiger partial charge in [0.2, 0.25) is 0 Å². The zero-order valence-electron chi connectivity index (χ0n) is 17.1. The van der Waals surface area contributed by atoms with Crippen LogP contribution >= 0.6 is 0 Å². The molecule has 3 rings (SSSR count). The molecule has 6 nitrogen and oxygen atoms in total. The van der Waals surface area contributed by atoms with Gasteiger partial charge in [0.25, 0.3) is 5.91 Å². The van der Waals surface area contributed by atoms with Crippen molar-refractivity contribution in [2.24, 2.45) is 0 Å². The summed E-state index contributed by atoms with van der Waals surface area (Å²) in [7, 11) is 0. The van der Waals surface area contributed by atoms with Crippen LogP contribution in [-0.4, -0.2) is 31.1 Å². The first-order valence-corrected chi connectivity index (χ1v) is 10.1. The fourth-order valence-electron chi connectivity index (χ4n) is 3.30. The van der Waals surface area contributed by atoms with Crippen LogP contribution in [0.3, 0.4) is 0 Å². The van der Waals surface area contributed by atoms with Crippen LogP contribution in [0, 0.1) is 11.6 Å². The summed E-state index contributed by atoms with van der Waals surface area (Å²) in [5.41, 5.74) is 1.87. The number of hydrogen-bond donors (Lipinski definition) is 3. The second kappa shape index (κ2) is 9.56. The van der Waals surface area contributed by atoms with Gasteiger partial charge in [-0.15, -0.1) is 0 Å². The Balaban J connectivity index is 1.78. The molecular weight excluding hydrogens is 390 g/mol. The van der Waals surface area contributed by atoms with Gasteiger partial charge in [-0.1, -0.05) is 6.92 Å². The molecule has 0 bridgehead atoms. The van der Waals surface area contributed by atoms with Crippen LogP contribution in [0.15, 0.2) is 36.4 Å². The van der Waals surface area contributed by atoms with E-state index in [0.29, 0.717) is 11.3 Å². The summed E-state index contributed by atoms with van der Waals surface area (Å²) >= 11 is 0. The minimum Gasteiger partial charge on any atom is -0.371 e. The van der Waals surface area contributed by atoms with Crippen molar-refractivity contribution in [3.63, 3.8) is 0 Å². The Hall–Kier alpha value is -3.16. The Labute approximate surface area is 174 Å². The van der Waals surface area contributed by atoms with Crippen molar-refractivity contribution < 1.29 is 18.4 Å². The number of amides is 3. The molecule has 0 aromatic heterocycles. The van der Waals surface area contributed by atoms with E-state index in [0.717, 1.165) is 50.2 Å². The maximum Gasteiger partial charge on any atom is 0.323 e. The first-order valence-electron chi connectivity index (χ1n) is 10.1. The maximum atomic E-state index is 13.3. The Morgan fingerprint density at radius 3 is 2.27 bits per heavy atom. The molecule has 0 spiro atoms. The largest absolute Gasteiger partial charge is 0.371 e. The standard InChI is InChI=1S/C22H26F2N4O2/c1-3-14(2)25-21(29)17-12-15(7-9-20(17)28-10-4-5-11-28)26-22(30)27-16-6-8-18(23)19(24)13-16/h6-9,12-14H,3-5,10-11H2,1-2H3,(H,25,29)(H2,26,27,30)/t14-/m1/s1. The summed E-state index contributed by atoms with van der Waals surface area (Å²) in [5, 5.41) is 8.06. The summed E-state index contributed by atoms with van der Waals surface area (Å²) in [5.74, 6) is -2.24. The molecule has 1 aliphatic heterocycles. The van der Waals surface area contributed by atoms with E-state index < -0.39 is 17.7 Å². The van der Waals surface area contributed by atoms with Crippen molar-refractivity contribution in [1.29, 1.82) is 0 Å². The van der Waals surface area contributed by atoms with Crippen LogP contribution in [-0.2, 0) is 0 Å². The predicted octanol–water partition coefficient (Wildman–Crippen LogP) is 4.74. The van der Waals surface area contributed by atoms with Crippen molar-refractivity contribution >= 4 is 29.0 Å². The second-order valence-corrected chi connectivity index (χ2v) is 7.42. The van der Waals surface area contributed by atoms with Crippen molar-refractivity contribution in [3.8, 4) is 0 Å². The molecule has 0 radical (unpaired) electrons. The first kappa shape index (κ1) is 21.5. The molecule has 0 unspecified atom stereocenters. The molecule has 2 aromatic rings. The van der Waals surface area contributed by atoms with Crippen LogP contribution in [0.4, 0.5) is 30.6 Å². The van der Waals surface area contributed by atoms with E-state index >= 15 is 0 Å². The van der Waals surface area contributed by atoms with Crippen LogP contribution in [0.1, 0.15) is 43.5 Å². The van der Waals surface area contributed by atoms with E-state index in [1.807, 2.05) is 19.9 Å². The molecule has 0 aliphatic carbocycles. The number of hydrogen-bond acceptors (Lipinski definition) is 3. The van der Waals surface area contributed by atoms with Crippen LogP contribution in [0.2, 0.25) is 0 Å². The molecule has 3 amide bonds. The van der Waals surface area contributed by atoms with Crippen molar-refractivity contribution in [3.05, 3.63) is 53.6 Å². The third kappa shape index (κ3) is 5.25. The van der Waals surface area contributed by atoms with Gasteiger partial charge in [-0.05, 0) is 56.5 Å². The smallest absolute Gasteiger partial charge is 0.323 e. The summed E-state index contributed by atoms with van der Waals surface area (Å²) in [6, 6.07) is 7.68. The highest BCUT2D eigenvalue weighted by molar-refractivity contribution is 6.04. The SMILES string of the molecule is CC[C@@H](C)NC(=O)c1cc(NC(=O)Nc2ccc(F)c(F)c2)ccc1N1CCCC1. The van der Waals surface area contributed by atoms with Crippen molar-refractivity contribution in [2.45, 2.75) is 39.2 Å². The summed E-state index contributed by atoms with van der Waals surface area (Å²) in [4.78, 5) is 27.3. The van der Waals surface area contributed by atoms with Gasteiger partial charge in [-0.3, -0.25) is 4.79 Å². The van der Waals surface area contributed by atoms with Gasteiger partial charge in [0, 0.05) is 42.3 Å². The highest BCUT2D eigenvalue weighted by Crippen LogP contribution is 2.28. The van der Waals surface area contributed by atoms with Gasteiger partial charge >= 0.3 is 6.03 Å². The minimum atomic E-state index is -1.05. The van der Waals surface area contributed by atoms with Gasteiger partial charge in [0.15, 0.2) is 11.6 Å². The topological polar surface area (TPSA) is 73.5 Å². The zero-order valence-corrected chi connectivity index (χ0v) is 17.1. The Morgan fingerprint density at radius 1 is 1.00 bits per heavy atom. The zero-order chi connectivity index (χ0) is 21.7. The van der Waals surface area contributed by atoms with E-state index in [1.54, 1.807) is 12.1 Å². The number of nitrogens with zero attached hydrogens (tertiary/aromatic N) is 1. The summed E-state index contributed by atoms with van der Waals surface area (Å²) in [6.07, 6.45) is 2.95.